The largest absolute Gasteiger partial charge is 0.508 e. The number of aromatic hydroxyl groups is 2. The fraction of sp³-hybridized carbons (Fsp3) is 0.333. The molecule has 0 amide bonds. The first-order valence-electron chi connectivity index (χ1n) is 7.52. The van der Waals surface area contributed by atoms with Crippen molar-refractivity contribution >= 4 is 5.69 Å². The highest BCUT2D eigenvalue weighted by Gasteiger charge is 2.21. The molecule has 2 aromatic rings. The minimum Gasteiger partial charge on any atom is -0.508 e. The van der Waals surface area contributed by atoms with Gasteiger partial charge in [0.05, 0.1) is 6.04 Å². The number of phenolic OH excluding ortho intramolecular Hbond substituents is 2. The van der Waals surface area contributed by atoms with Gasteiger partial charge in [0, 0.05) is 18.3 Å². The van der Waals surface area contributed by atoms with Crippen LogP contribution in [0.25, 0.3) is 0 Å². The summed E-state index contributed by atoms with van der Waals surface area (Å²) in [7, 11) is 0. The van der Waals surface area contributed by atoms with E-state index in [1.54, 1.807) is 12.1 Å². The third-order valence-corrected chi connectivity index (χ3v) is 4.27. The zero-order chi connectivity index (χ0) is 14.8. The number of aryl methyl sites for hydroxylation is 1. The van der Waals surface area contributed by atoms with Crippen LogP contribution < -0.4 is 4.90 Å². The van der Waals surface area contributed by atoms with Crippen LogP contribution in [0.3, 0.4) is 0 Å². The van der Waals surface area contributed by atoms with E-state index in [-0.39, 0.29) is 17.5 Å². The van der Waals surface area contributed by atoms with Crippen molar-refractivity contribution in [2.45, 2.75) is 32.2 Å². The van der Waals surface area contributed by atoms with Crippen LogP contribution in [0.5, 0.6) is 11.5 Å². The summed E-state index contributed by atoms with van der Waals surface area (Å²) in [5, 5.41) is 19.4. The van der Waals surface area contributed by atoms with Gasteiger partial charge in [0.1, 0.15) is 11.5 Å². The average molecular weight is 283 g/mol. The number of para-hydroxylation sites is 1. The number of hydrogen-bond acceptors (Lipinski definition) is 3. The van der Waals surface area contributed by atoms with Crippen LogP contribution in [0.4, 0.5) is 5.69 Å². The van der Waals surface area contributed by atoms with Gasteiger partial charge in [-0.25, -0.2) is 0 Å². The summed E-state index contributed by atoms with van der Waals surface area (Å²) in [6, 6.07) is 13.5. The molecule has 2 N–H and O–H groups in total. The summed E-state index contributed by atoms with van der Waals surface area (Å²) in [6.45, 7) is 3.12. The predicted molar refractivity (Wildman–Crippen MR) is 84.9 cm³/mol. The van der Waals surface area contributed by atoms with Gasteiger partial charge in [0.15, 0.2) is 0 Å². The van der Waals surface area contributed by atoms with Crippen LogP contribution in [0.15, 0.2) is 42.5 Å². The Labute approximate surface area is 125 Å². The zero-order valence-electron chi connectivity index (χ0n) is 12.3. The lowest BCUT2D eigenvalue weighted by atomic mass is 10.0. The van der Waals surface area contributed by atoms with Gasteiger partial charge in [-0.2, -0.15) is 0 Å². The molecule has 0 saturated heterocycles. The highest BCUT2D eigenvalue weighted by molar-refractivity contribution is 5.56. The Morgan fingerprint density at radius 2 is 1.71 bits per heavy atom. The van der Waals surface area contributed by atoms with Crippen molar-refractivity contribution in [2.75, 3.05) is 11.4 Å². The number of hydrogen-bond donors (Lipinski definition) is 2. The molecule has 0 aromatic heterocycles. The molecule has 0 spiro atoms. The SMILES string of the molecule is CC(c1cc(O)cc(O)c1)N1CCCCc2ccccc21. The molecule has 0 saturated carbocycles. The molecule has 1 heterocycles. The third kappa shape index (κ3) is 2.82. The standard InChI is InChI=1S/C18H21NO2/c1-13(15-10-16(20)12-17(21)11-15)19-9-5-4-7-14-6-2-3-8-18(14)19/h2-3,6,8,10-13,20-21H,4-5,7,9H2,1H3. The normalized spacial score (nSPS) is 16.1. The molecule has 1 atom stereocenters. The second kappa shape index (κ2) is 5.68. The van der Waals surface area contributed by atoms with E-state index in [0.717, 1.165) is 24.9 Å². The van der Waals surface area contributed by atoms with Crippen LogP contribution in [0, 0.1) is 0 Å². The molecule has 3 heteroatoms. The van der Waals surface area contributed by atoms with Crippen LogP contribution in [0.2, 0.25) is 0 Å². The Balaban J connectivity index is 1.99. The fourth-order valence-corrected chi connectivity index (χ4v) is 3.16. The van der Waals surface area contributed by atoms with Crippen molar-refractivity contribution in [2.24, 2.45) is 0 Å². The van der Waals surface area contributed by atoms with Crippen molar-refractivity contribution in [3.63, 3.8) is 0 Å². The van der Waals surface area contributed by atoms with E-state index >= 15 is 0 Å². The second-order valence-electron chi connectivity index (χ2n) is 5.74. The van der Waals surface area contributed by atoms with Crippen LogP contribution in [-0.2, 0) is 6.42 Å². The van der Waals surface area contributed by atoms with E-state index < -0.39 is 0 Å². The van der Waals surface area contributed by atoms with E-state index in [1.165, 1.54) is 23.7 Å². The molecular weight excluding hydrogens is 262 g/mol. The van der Waals surface area contributed by atoms with Crippen LogP contribution >= 0.6 is 0 Å². The van der Waals surface area contributed by atoms with Crippen LogP contribution in [-0.4, -0.2) is 16.8 Å². The van der Waals surface area contributed by atoms with Crippen molar-refractivity contribution in [1.82, 2.24) is 0 Å². The lowest BCUT2D eigenvalue weighted by Crippen LogP contribution is -2.27. The van der Waals surface area contributed by atoms with Crippen molar-refractivity contribution < 1.29 is 10.2 Å². The molecule has 3 nitrogen and oxygen atoms in total. The van der Waals surface area contributed by atoms with Gasteiger partial charge < -0.3 is 15.1 Å². The first-order chi connectivity index (χ1) is 10.1. The predicted octanol–water partition coefficient (Wildman–Crippen LogP) is 4.00. The molecule has 0 fully saturated rings. The summed E-state index contributed by atoms with van der Waals surface area (Å²) in [4.78, 5) is 2.37. The summed E-state index contributed by atoms with van der Waals surface area (Å²) >= 11 is 0. The summed E-state index contributed by atoms with van der Waals surface area (Å²) in [5.41, 5.74) is 3.58. The Morgan fingerprint density at radius 1 is 1.00 bits per heavy atom. The van der Waals surface area contributed by atoms with E-state index in [0.29, 0.717) is 0 Å². The van der Waals surface area contributed by atoms with E-state index in [2.05, 4.69) is 36.1 Å². The summed E-state index contributed by atoms with van der Waals surface area (Å²) in [6.07, 6.45) is 3.47. The zero-order valence-corrected chi connectivity index (χ0v) is 12.3. The lowest BCUT2D eigenvalue weighted by Gasteiger charge is -2.32. The molecule has 0 bridgehead atoms. The van der Waals surface area contributed by atoms with Gasteiger partial charge in [0.25, 0.3) is 0 Å². The minimum absolute atomic E-state index is 0.111. The minimum atomic E-state index is 0.111. The van der Waals surface area contributed by atoms with E-state index in [4.69, 9.17) is 0 Å². The molecule has 1 unspecified atom stereocenters. The quantitative estimate of drug-likeness (QED) is 0.875. The van der Waals surface area contributed by atoms with E-state index in [9.17, 15) is 10.2 Å². The monoisotopic (exact) mass is 283 g/mol. The van der Waals surface area contributed by atoms with Gasteiger partial charge in [0.2, 0.25) is 0 Å². The number of phenols is 2. The van der Waals surface area contributed by atoms with E-state index in [1.807, 2.05) is 0 Å². The Kier molecular flexibility index (Phi) is 3.74. The Morgan fingerprint density at radius 3 is 2.48 bits per heavy atom. The van der Waals surface area contributed by atoms with Gasteiger partial charge in [-0.05, 0) is 55.5 Å². The van der Waals surface area contributed by atoms with Gasteiger partial charge >= 0.3 is 0 Å². The molecule has 1 aliphatic heterocycles. The summed E-state index contributed by atoms with van der Waals surface area (Å²) in [5.74, 6) is 0.222. The Hall–Kier alpha value is -2.16. The molecule has 3 rings (SSSR count). The molecular formula is C18H21NO2. The highest BCUT2D eigenvalue weighted by atomic mass is 16.3. The third-order valence-electron chi connectivity index (χ3n) is 4.27. The highest BCUT2D eigenvalue weighted by Crippen LogP contribution is 2.35. The molecule has 0 aliphatic carbocycles. The summed E-state index contributed by atoms with van der Waals surface area (Å²) < 4.78 is 0. The van der Waals surface area contributed by atoms with Crippen molar-refractivity contribution in [1.29, 1.82) is 0 Å². The van der Waals surface area contributed by atoms with Gasteiger partial charge in [-0.3, -0.25) is 0 Å². The number of benzene rings is 2. The van der Waals surface area contributed by atoms with Gasteiger partial charge in [-0.1, -0.05) is 18.2 Å². The maximum absolute atomic E-state index is 9.71. The Bertz CT molecular complexity index is 619. The van der Waals surface area contributed by atoms with Gasteiger partial charge in [-0.15, -0.1) is 0 Å². The fourth-order valence-electron chi connectivity index (χ4n) is 3.16. The smallest absolute Gasteiger partial charge is 0.119 e. The van der Waals surface area contributed by atoms with Crippen LogP contribution in [0.1, 0.15) is 36.9 Å². The number of anilines is 1. The molecule has 21 heavy (non-hydrogen) atoms. The second-order valence-corrected chi connectivity index (χ2v) is 5.74. The van der Waals surface area contributed by atoms with Crippen molar-refractivity contribution in [3.05, 3.63) is 53.6 Å². The number of fused-ring (bicyclic) bond motifs is 1. The number of nitrogens with zero attached hydrogens (tertiary/aromatic N) is 1. The molecule has 1 aliphatic rings. The topological polar surface area (TPSA) is 43.7 Å². The maximum Gasteiger partial charge on any atom is 0.119 e. The maximum atomic E-state index is 9.71. The average Bonchev–Trinajstić information content (AvgIpc) is 2.68. The first-order valence-corrected chi connectivity index (χ1v) is 7.52. The van der Waals surface area contributed by atoms with Crippen molar-refractivity contribution in [3.8, 4) is 11.5 Å². The lowest BCUT2D eigenvalue weighted by molar-refractivity contribution is 0.447. The molecule has 2 aromatic carbocycles. The first kappa shape index (κ1) is 13.8. The molecule has 110 valence electrons. The number of rotatable bonds is 2. The molecule has 0 radical (unpaired) electrons.